The zero-order chi connectivity index (χ0) is 20.3. The number of para-hydroxylation sites is 2. The zero-order valence-corrected chi connectivity index (χ0v) is 17.3. The van der Waals surface area contributed by atoms with Crippen LogP contribution in [0.2, 0.25) is 0 Å². The van der Waals surface area contributed by atoms with Crippen molar-refractivity contribution < 1.29 is 17.9 Å². The first kappa shape index (κ1) is 20.4. The number of hydrogen-bond donors (Lipinski definition) is 1. The lowest BCUT2D eigenvalue weighted by Crippen LogP contribution is -2.41. The third kappa shape index (κ3) is 4.20. The van der Waals surface area contributed by atoms with Gasteiger partial charge in [0.15, 0.2) is 0 Å². The van der Waals surface area contributed by atoms with Crippen LogP contribution in [0.4, 0.5) is 5.69 Å². The van der Waals surface area contributed by atoms with Crippen molar-refractivity contribution in [1.29, 1.82) is 0 Å². The van der Waals surface area contributed by atoms with Gasteiger partial charge in [0.25, 0.3) is 0 Å². The molecule has 1 aliphatic rings. The van der Waals surface area contributed by atoms with E-state index in [2.05, 4.69) is 5.32 Å². The number of hydrogen-bond acceptors (Lipinski definition) is 4. The van der Waals surface area contributed by atoms with Crippen LogP contribution in [-0.2, 0) is 14.8 Å². The third-order valence-corrected chi connectivity index (χ3v) is 7.19. The number of amides is 1. The molecule has 0 bridgehead atoms. The van der Waals surface area contributed by atoms with Crippen molar-refractivity contribution in [2.75, 3.05) is 25.5 Å². The highest BCUT2D eigenvalue weighted by molar-refractivity contribution is 7.89. The highest BCUT2D eigenvalue weighted by atomic mass is 32.2. The van der Waals surface area contributed by atoms with Gasteiger partial charge in [-0.1, -0.05) is 24.3 Å². The minimum absolute atomic E-state index is 0.103. The molecule has 6 nitrogen and oxygen atoms in total. The van der Waals surface area contributed by atoms with Gasteiger partial charge in [-0.3, -0.25) is 4.79 Å². The second-order valence-corrected chi connectivity index (χ2v) is 9.04. The van der Waals surface area contributed by atoms with E-state index in [0.29, 0.717) is 42.3 Å². The Bertz CT molecular complexity index is 964. The quantitative estimate of drug-likeness (QED) is 0.832. The number of carbonyl (C=O) groups is 1. The summed E-state index contributed by atoms with van der Waals surface area (Å²) in [5.41, 5.74) is 2.28. The fraction of sp³-hybridized carbons (Fsp3) is 0.381. The Morgan fingerprint density at radius 1 is 1.11 bits per heavy atom. The van der Waals surface area contributed by atoms with Crippen molar-refractivity contribution in [3.63, 3.8) is 0 Å². The van der Waals surface area contributed by atoms with E-state index in [1.807, 2.05) is 31.2 Å². The first-order valence-corrected chi connectivity index (χ1v) is 10.8. The summed E-state index contributed by atoms with van der Waals surface area (Å²) in [4.78, 5) is 13.0. The highest BCUT2D eigenvalue weighted by Crippen LogP contribution is 2.28. The number of rotatable bonds is 5. The summed E-state index contributed by atoms with van der Waals surface area (Å²) in [6.45, 7) is 4.35. The van der Waals surface area contributed by atoms with Crippen molar-refractivity contribution in [2.45, 2.75) is 31.6 Å². The summed E-state index contributed by atoms with van der Waals surface area (Å²) in [5.74, 6) is 0.272. The molecule has 1 saturated heterocycles. The maximum Gasteiger partial charge on any atom is 0.243 e. The summed E-state index contributed by atoms with van der Waals surface area (Å²) < 4.78 is 32.8. The molecule has 1 aliphatic heterocycles. The summed E-state index contributed by atoms with van der Waals surface area (Å²) in [6.07, 6.45) is 0.982. The highest BCUT2D eigenvalue weighted by Gasteiger charge is 2.33. The van der Waals surface area contributed by atoms with Gasteiger partial charge in [0.1, 0.15) is 5.75 Å². The molecule has 1 heterocycles. The van der Waals surface area contributed by atoms with Crippen LogP contribution in [0.15, 0.2) is 47.4 Å². The van der Waals surface area contributed by atoms with Gasteiger partial charge in [-0.15, -0.1) is 0 Å². The number of nitrogens with one attached hydrogen (secondary N) is 1. The number of nitrogens with zero attached hydrogens (tertiary/aromatic N) is 1. The van der Waals surface area contributed by atoms with Gasteiger partial charge in [0.05, 0.1) is 17.7 Å². The minimum Gasteiger partial charge on any atom is -0.495 e. The molecule has 7 heteroatoms. The Balaban J connectivity index is 1.67. The topological polar surface area (TPSA) is 75.7 Å². The Morgan fingerprint density at radius 2 is 1.79 bits per heavy atom. The number of benzene rings is 2. The van der Waals surface area contributed by atoms with Gasteiger partial charge >= 0.3 is 0 Å². The smallest absolute Gasteiger partial charge is 0.243 e. The van der Waals surface area contributed by atoms with Crippen LogP contribution in [0.25, 0.3) is 0 Å². The van der Waals surface area contributed by atoms with Crippen LogP contribution < -0.4 is 10.1 Å². The molecule has 2 aromatic rings. The molecule has 0 radical (unpaired) electrons. The zero-order valence-electron chi connectivity index (χ0n) is 16.4. The normalized spacial score (nSPS) is 16.0. The van der Waals surface area contributed by atoms with E-state index in [4.69, 9.17) is 4.74 Å². The number of sulfonamides is 1. The lowest BCUT2D eigenvalue weighted by molar-refractivity contribution is -0.120. The van der Waals surface area contributed by atoms with E-state index in [9.17, 15) is 13.2 Å². The molecular weight excluding hydrogens is 376 g/mol. The minimum atomic E-state index is -3.55. The lowest BCUT2D eigenvalue weighted by atomic mass is 9.97. The van der Waals surface area contributed by atoms with Gasteiger partial charge < -0.3 is 10.1 Å². The fourth-order valence-corrected chi connectivity index (χ4v) is 5.24. The van der Waals surface area contributed by atoms with E-state index in [-0.39, 0.29) is 11.8 Å². The Kier molecular flexibility index (Phi) is 6.05. The van der Waals surface area contributed by atoms with Gasteiger partial charge in [0.2, 0.25) is 15.9 Å². The van der Waals surface area contributed by atoms with Gasteiger partial charge in [-0.25, -0.2) is 8.42 Å². The molecule has 0 unspecified atom stereocenters. The molecule has 1 amide bonds. The number of methoxy groups -OCH3 is 1. The van der Waals surface area contributed by atoms with Gasteiger partial charge in [0, 0.05) is 19.0 Å². The fourth-order valence-electron chi connectivity index (χ4n) is 3.47. The molecule has 0 aliphatic carbocycles. The van der Waals surface area contributed by atoms with Crippen molar-refractivity contribution >= 4 is 21.6 Å². The van der Waals surface area contributed by atoms with E-state index in [1.54, 1.807) is 32.2 Å². The summed E-state index contributed by atoms with van der Waals surface area (Å²) >= 11 is 0. The Hall–Kier alpha value is -2.38. The number of ether oxygens (including phenoxy) is 1. The monoisotopic (exact) mass is 402 g/mol. The molecule has 1 N–H and O–H groups in total. The lowest BCUT2D eigenvalue weighted by Gasteiger charge is -2.31. The average Bonchev–Trinajstić information content (AvgIpc) is 2.70. The second kappa shape index (κ2) is 8.32. The predicted octanol–water partition coefficient (Wildman–Crippen LogP) is 3.35. The van der Waals surface area contributed by atoms with Crippen LogP contribution >= 0.6 is 0 Å². The van der Waals surface area contributed by atoms with Crippen LogP contribution in [0.3, 0.4) is 0 Å². The van der Waals surface area contributed by atoms with E-state index in [0.717, 1.165) is 11.1 Å². The van der Waals surface area contributed by atoms with Crippen LogP contribution in [0.5, 0.6) is 5.75 Å². The molecule has 0 aromatic heterocycles. The molecule has 150 valence electrons. The van der Waals surface area contributed by atoms with Crippen LogP contribution in [0, 0.1) is 19.8 Å². The van der Waals surface area contributed by atoms with Crippen LogP contribution in [-0.4, -0.2) is 38.8 Å². The van der Waals surface area contributed by atoms with Crippen molar-refractivity contribution in [2.24, 2.45) is 5.92 Å². The first-order chi connectivity index (χ1) is 13.3. The van der Waals surface area contributed by atoms with Gasteiger partial charge in [-0.2, -0.15) is 4.31 Å². The van der Waals surface area contributed by atoms with E-state index >= 15 is 0 Å². The molecule has 2 aromatic carbocycles. The molecule has 3 rings (SSSR count). The average molecular weight is 403 g/mol. The number of aryl methyl sites for hydroxylation is 2. The summed E-state index contributed by atoms with van der Waals surface area (Å²) in [6, 6.07) is 12.7. The number of anilines is 1. The largest absolute Gasteiger partial charge is 0.495 e. The molecule has 0 saturated carbocycles. The molecule has 1 fully saturated rings. The predicted molar refractivity (Wildman–Crippen MR) is 109 cm³/mol. The van der Waals surface area contributed by atoms with E-state index < -0.39 is 10.0 Å². The van der Waals surface area contributed by atoms with Gasteiger partial charge in [-0.05, 0) is 56.0 Å². The SMILES string of the molecule is COc1ccccc1NC(=O)C1CCN(S(=O)(=O)c2cc(C)ccc2C)CC1. The molecular formula is C21H26N2O4S. The van der Waals surface area contributed by atoms with E-state index in [1.165, 1.54) is 4.31 Å². The molecule has 28 heavy (non-hydrogen) atoms. The maximum absolute atomic E-state index is 13.0. The first-order valence-electron chi connectivity index (χ1n) is 9.34. The Morgan fingerprint density at radius 3 is 2.46 bits per heavy atom. The number of carbonyl (C=O) groups excluding carboxylic acids is 1. The maximum atomic E-state index is 13.0. The van der Waals surface area contributed by atoms with Crippen molar-refractivity contribution in [3.05, 3.63) is 53.6 Å². The van der Waals surface area contributed by atoms with Crippen molar-refractivity contribution in [3.8, 4) is 5.75 Å². The standard InChI is InChI=1S/C21H26N2O4S/c1-15-8-9-16(2)20(14-15)28(25,26)23-12-10-17(11-13-23)21(24)22-18-6-4-5-7-19(18)27-3/h4-9,14,17H,10-13H2,1-3H3,(H,22,24). The summed E-state index contributed by atoms with van der Waals surface area (Å²) in [7, 11) is -2.00. The second-order valence-electron chi connectivity index (χ2n) is 7.14. The Labute approximate surface area is 166 Å². The van der Waals surface area contributed by atoms with Crippen LogP contribution in [0.1, 0.15) is 24.0 Å². The number of piperidine rings is 1. The molecule has 0 atom stereocenters. The third-order valence-electron chi connectivity index (χ3n) is 5.15. The molecule has 0 spiro atoms. The van der Waals surface area contributed by atoms with Crippen molar-refractivity contribution in [1.82, 2.24) is 4.31 Å². The summed E-state index contributed by atoms with van der Waals surface area (Å²) in [5, 5.41) is 2.90.